The zero-order valence-corrected chi connectivity index (χ0v) is 13.7. The summed E-state index contributed by atoms with van der Waals surface area (Å²) in [5.74, 6) is -0.0791. The Morgan fingerprint density at radius 1 is 1.04 bits per heavy atom. The van der Waals surface area contributed by atoms with Crippen LogP contribution in [0.3, 0.4) is 0 Å². The molecular formula is C19H19N5O. The largest absolute Gasteiger partial charge is 0.334 e. The Morgan fingerprint density at radius 2 is 1.76 bits per heavy atom. The Hall–Kier alpha value is -2.99. The van der Waals surface area contributed by atoms with Gasteiger partial charge in [-0.3, -0.25) is 4.79 Å². The topological polar surface area (TPSA) is 63.1 Å². The maximum atomic E-state index is 12.8. The minimum Gasteiger partial charge on any atom is -0.334 e. The number of benzene rings is 2. The number of nitrogens with zero attached hydrogens (tertiary/aromatic N) is 4. The first-order valence-corrected chi connectivity index (χ1v) is 8.36. The summed E-state index contributed by atoms with van der Waals surface area (Å²) in [4.78, 5) is 14.6. The molecule has 2 heterocycles. The van der Waals surface area contributed by atoms with Gasteiger partial charge in [-0.2, -0.15) is 0 Å². The number of nitrogens with one attached hydrogen (secondary N) is 1. The summed E-state index contributed by atoms with van der Waals surface area (Å²) in [5, 5.41) is 11.6. The molecule has 1 amide bonds. The lowest BCUT2D eigenvalue weighted by atomic mass is 10.0. The predicted octanol–water partition coefficient (Wildman–Crippen LogP) is 2.05. The number of rotatable bonds is 3. The Labute approximate surface area is 146 Å². The van der Waals surface area contributed by atoms with Crippen LogP contribution in [0.1, 0.15) is 22.1 Å². The van der Waals surface area contributed by atoms with Gasteiger partial charge in [0, 0.05) is 25.7 Å². The number of carbonyl (C=O) groups excluding carboxylic acids is 1. The Bertz CT molecular complexity index is 847. The van der Waals surface area contributed by atoms with E-state index in [9.17, 15) is 4.79 Å². The van der Waals surface area contributed by atoms with Crippen LogP contribution in [0, 0.1) is 0 Å². The van der Waals surface area contributed by atoms with Crippen molar-refractivity contribution in [1.29, 1.82) is 0 Å². The summed E-state index contributed by atoms with van der Waals surface area (Å²) in [6, 6.07) is 20.0. The van der Waals surface area contributed by atoms with E-state index in [1.54, 1.807) is 10.9 Å². The first kappa shape index (κ1) is 15.5. The molecule has 0 saturated carbocycles. The lowest BCUT2D eigenvalue weighted by Crippen LogP contribution is -2.48. The van der Waals surface area contributed by atoms with Crippen molar-refractivity contribution in [3.63, 3.8) is 0 Å². The van der Waals surface area contributed by atoms with Gasteiger partial charge < -0.3 is 10.2 Å². The van der Waals surface area contributed by atoms with E-state index in [1.807, 2.05) is 53.4 Å². The van der Waals surface area contributed by atoms with Crippen molar-refractivity contribution >= 4 is 5.91 Å². The van der Waals surface area contributed by atoms with Crippen molar-refractivity contribution in [2.24, 2.45) is 0 Å². The molecule has 6 nitrogen and oxygen atoms in total. The van der Waals surface area contributed by atoms with Gasteiger partial charge in [0.25, 0.3) is 5.91 Å². The van der Waals surface area contributed by atoms with E-state index in [1.165, 1.54) is 5.56 Å². The van der Waals surface area contributed by atoms with Crippen LogP contribution in [0.25, 0.3) is 5.69 Å². The van der Waals surface area contributed by atoms with Crippen molar-refractivity contribution in [2.75, 3.05) is 19.6 Å². The van der Waals surface area contributed by atoms with Gasteiger partial charge in [0.2, 0.25) is 0 Å². The van der Waals surface area contributed by atoms with Crippen molar-refractivity contribution in [2.45, 2.75) is 6.04 Å². The molecule has 1 aliphatic rings. The van der Waals surface area contributed by atoms with Gasteiger partial charge in [-0.25, -0.2) is 4.68 Å². The molecule has 6 heteroatoms. The van der Waals surface area contributed by atoms with E-state index in [0.717, 1.165) is 12.2 Å². The molecule has 0 bridgehead atoms. The maximum absolute atomic E-state index is 12.8. The summed E-state index contributed by atoms with van der Waals surface area (Å²) >= 11 is 0. The van der Waals surface area contributed by atoms with Gasteiger partial charge in [0.15, 0.2) is 5.69 Å². The second-order valence-electron chi connectivity index (χ2n) is 6.05. The molecule has 2 aromatic carbocycles. The van der Waals surface area contributed by atoms with E-state index in [0.29, 0.717) is 18.8 Å². The molecule has 0 aliphatic carbocycles. The van der Waals surface area contributed by atoms with Crippen molar-refractivity contribution in [3.05, 3.63) is 78.1 Å². The summed E-state index contributed by atoms with van der Waals surface area (Å²) in [6.07, 6.45) is 1.69. The first-order chi connectivity index (χ1) is 12.3. The molecule has 1 fully saturated rings. The van der Waals surface area contributed by atoms with Crippen LogP contribution in [-0.4, -0.2) is 45.4 Å². The number of piperazine rings is 1. The van der Waals surface area contributed by atoms with Gasteiger partial charge in [-0.05, 0) is 17.7 Å². The fourth-order valence-electron chi connectivity index (χ4n) is 3.07. The zero-order valence-electron chi connectivity index (χ0n) is 13.7. The van der Waals surface area contributed by atoms with Gasteiger partial charge >= 0.3 is 0 Å². The Morgan fingerprint density at radius 3 is 2.52 bits per heavy atom. The molecule has 1 saturated heterocycles. The molecule has 0 radical (unpaired) electrons. The monoisotopic (exact) mass is 333 g/mol. The summed E-state index contributed by atoms with van der Waals surface area (Å²) in [7, 11) is 0. The highest BCUT2D eigenvalue weighted by Crippen LogP contribution is 2.18. The predicted molar refractivity (Wildman–Crippen MR) is 94.4 cm³/mol. The van der Waals surface area contributed by atoms with Crippen LogP contribution in [0.4, 0.5) is 0 Å². The fourth-order valence-corrected chi connectivity index (χ4v) is 3.07. The van der Waals surface area contributed by atoms with Gasteiger partial charge in [0.05, 0.1) is 11.9 Å². The molecule has 126 valence electrons. The van der Waals surface area contributed by atoms with Gasteiger partial charge in [-0.15, -0.1) is 5.10 Å². The lowest BCUT2D eigenvalue weighted by Gasteiger charge is -2.33. The highest BCUT2D eigenvalue weighted by atomic mass is 16.2. The second-order valence-corrected chi connectivity index (χ2v) is 6.05. The third-order valence-electron chi connectivity index (χ3n) is 4.40. The van der Waals surface area contributed by atoms with Crippen LogP contribution in [-0.2, 0) is 0 Å². The molecule has 1 aliphatic heterocycles. The van der Waals surface area contributed by atoms with Crippen LogP contribution >= 0.6 is 0 Å². The van der Waals surface area contributed by atoms with Crippen LogP contribution in [0.5, 0.6) is 0 Å². The number of para-hydroxylation sites is 1. The minimum atomic E-state index is -0.0791. The quantitative estimate of drug-likeness (QED) is 0.797. The van der Waals surface area contributed by atoms with E-state index in [2.05, 4.69) is 27.8 Å². The minimum absolute atomic E-state index is 0.0791. The SMILES string of the molecule is O=C(c1cn(-c2ccccc2)nn1)N1CCNC(c2ccccc2)C1. The number of hydrogen-bond donors (Lipinski definition) is 1. The Kier molecular flexibility index (Phi) is 4.26. The molecule has 25 heavy (non-hydrogen) atoms. The molecule has 1 atom stereocenters. The van der Waals surface area contributed by atoms with Gasteiger partial charge in [0.1, 0.15) is 0 Å². The molecule has 3 aromatic rings. The average Bonchev–Trinajstić information content (AvgIpc) is 3.19. The van der Waals surface area contributed by atoms with Crippen LogP contribution in [0.2, 0.25) is 0 Å². The maximum Gasteiger partial charge on any atom is 0.276 e. The highest BCUT2D eigenvalue weighted by Gasteiger charge is 2.26. The molecule has 4 rings (SSSR count). The fraction of sp³-hybridized carbons (Fsp3) is 0.211. The number of carbonyl (C=O) groups is 1. The van der Waals surface area contributed by atoms with E-state index >= 15 is 0 Å². The van der Waals surface area contributed by atoms with Crippen LogP contribution in [0.15, 0.2) is 66.9 Å². The molecular weight excluding hydrogens is 314 g/mol. The molecule has 1 unspecified atom stereocenters. The average molecular weight is 333 g/mol. The Balaban J connectivity index is 1.50. The van der Waals surface area contributed by atoms with Crippen LogP contribution < -0.4 is 5.32 Å². The van der Waals surface area contributed by atoms with E-state index in [4.69, 9.17) is 0 Å². The van der Waals surface area contributed by atoms with Crippen molar-refractivity contribution in [1.82, 2.24) is 25.2 Å². The summed E-state index contributed by atoms with van der Waals surface area (Å²) in [5.41, 5.74) is 2.45. The number of amides is 1. The molecule has 1 N–H and O–H groups in total. The van der Waals surface area contributed by atoms with E-state index in [-0.39, 0.29) is 11.9 Å². The zero-order chi connectivity index (χ0) is 17.1. The summed E-state index contributed by atoms with van der Waals surface area (Å²) in [6.45, 7) is 2.06. The van der Waals surface area contributed by atoms with Gasteiger partial charge in [-0.1, -0.05) is 53.7 Å². The normalized spacial score (nSPS) is 17.4. The lowest BCUT2D eigenvalue weighted by molar-refractivity contribution is 0.0697. The van der Waals surface area contributed by atoms with E-state index < -0.39 is 0 Å². The summed E-state index contributed by atoms with van der Waals surface area (Å²) < 4.78 is 1.63. The molecule has 0 spiro atoms. The molecule has 1 aromatic heterocycles. The third-order valence-corrected chi connectivity index (χ3v) is 4.40. The highest BCUT2D eigenvalue weighted by molar-refractivity contribution is 5.92. The van der Waals surface area contributed by atoms with Crippen molar-refractivity contribution in [3.8, 4) is 5.69 Å². The smallest absolute Gasteiger partial charge is 0.276 e. The second kappa shape index (κ2) is 6.86. The van der Waals surface area contributed by atoms with Crippen molar-refractivity contribution < 1.29 is 4.79 Å². The number of hydrogen-bond acceptors (Lipinski definition) is 4. The first-order valence-electron chi connectivity index (χ1n) is 8.36. The third kappa shape index (κ3) is 3.29. The number of aromatic nitrogens is 3. The standard InChI is InChI=1S/C19H19N5O/c25-19(18-14-24(22-21-18)16-9-5-2-6-10-16)23-12-11-20-17(13-23)15-7-3-1-4-8-15/h1-10,14,17,20H,11-13H2.